The summed E-state index contributed by atoms with van der Waals surface area (Å²) in [4.78, 5) is 7.41. The van der Waals surface area contributed by atoms with Crippen LogP contribution in [-0.2, 0) is 0 Å². The van der Waals surface area contributed by atoms with Crippen molar-refractivity contribution in [2.45, 2.75) is 19.8 Å². The zero-order valence-corrected chi connectivity index (χ0v) is 11.0. The van der Waals surface area contributed by atoms with Crippen LogP contribution in [0.25, 0.3) is 11.3 Å². The standard InChI is InChI=1S/C14H17F2N3/c1-8(2)10(6-17)14-18-7-13(19-14)9-3-4-11(15)12(16)5-9/h3-5,7-8,10H,6,17H2,1-2H3,(H,18,19). The van der Waals surface area contributed by atoms with Gasteiger partial charge in [0.05, 0.1) is 11.9 Å². The van der Waals surface area contributed by atoms with Crippen LogP contribution >= 0.6 is 0 Å². The lowest BCUT2D eigenvalue weighted by Crippen LogP contribution is -2.19. The summed E-state index contributed by atoms with van der Waals surface area (Å²) < 4.78 is 26.1. The predicted molar refractivity (Wildman–Crippen MR) is 70.6 cm³/mol. The highest BCUT2D eigenvalue weighted by Crippen LogP contribution is 2.25. The summed E-state index contributed by atoms with van der Waals surface area (Å²) >= 11 is 0. The number of hydrogen-bond donors (Lipinski definition) is 2. The smallest absolute Gasteiger partial charge is 0.159 e. The molecule has 1 atom stereocenters. The molecule has 0 saturated heterocycles. The zero-order chi connectivity index (χ0) is 14.0. The van der Waals surface area contributed by atoms with Gasteiger partial charge in [-0.1, -0.05) is 13.8 Å². The number of hydrogen-bond acceptors (Lipinski definition) is 2. The first-order chi connectivity index (χ1) is 9.02. The van der Waals surface area contributed by atoms with Gasteiger partial charge in [0.15, 0.2) is 11.6 Å². The van der Waals surface area contributed by atoms with Gasteiger partial charge in [0.1, 0.15) is 5.82 Å². The summed E-state index contributed by atoms with van der Waals surface area (Å²) in [6.45, 7) is 4.62. The molecule has 2 rings (SSSR count). The molecule has 2 aromatic rings. The van der Waals surface area contributed by atoms with Crippen molar-refractivity contribution in [2.24, 2.45) is 11.7 Å². The van der Waals surface area contributed by atoms with Gasteiger partial charge < -0.3 is 10.7 Å². The van der Waals surface area contributed by atoms with E-state index in [2.05, 4.69) is 23.8 Å². The summed E-state index contributed by atoms with van der Waals surface area (Å²) in [6, 6.07) is 3.77. The molecule has 0 fully saturated rings. The van der Waals surface area contributed by atoms with Crippen LogP contribution in [0.4, 0.5) is 8.78 Å². The molecule has 1 aromatic heterocycles. The average molecular weight is 265 g/mol. The Bertz CT molecular complexity index is 564. The second kappa shape index (κ2) is 5.48. The van der Waals surface area contributed by atoms with E-state index in [1.807, 2.05) is 0 Å². The molecule has 0 spiro atoms. The highest BCUT2D eigenvalue weighted by atomic mass is 19.2. The molecular weight excluding hydrogens is 248 g/mol. The number of halogens is 2. The minimum absolute atomic E-state index is 0.124. The van der Waals surface area contributed by atoms with Crippen molar-refractivity contribution < 1.29 is 8.78 Å². The SMILES string of the molecule is CC(C)C(CN)c1ncc(-c2ccc(F)c(F)c2)[nH]1. The molecular formula is C14H17F2N3. The lowest BCUT2D eigenvalue weighted by molar-refractivity contribution is 0.487. The second-order valence-electron chi connectivity index (χ2n) is 4.90. The van der Waals surface area contributed by atoms with Gasteiger partial charge in [-0.05, 0) is 24.1 Å². The lowest BCUT2D eigenvalue weighted by atomic mass is 9.95. The van der Waals surface area contributed by atoms with E-state index >= 15 is 0 Å². The van der Waals surface area contributed by atoms with Gasteiger partial charge in [-0.2, -0.15) is 0 Å². The number of nitrogens with zero attached hydrogens (tertiary/aromatic N) is 1. The molecule has 3 nitrogen and oxygen atoms in total. The first-order valence-electron chi connectivity index (χ1n) is 6.23. The van der Waals surface area contributed by atoms with Crippen LogP contribution in [0.3, 0.4) is 0 Å². The summed E-state index contributed by atoms with van der Waals surface area (Å²) in [5.41, 5.74) is 6.96. The Morgan fingerprint density at radius 2 is 2.00 bits per heavy atom. The van der Waals surface area contributed by atoms with Crippen LogP contribution in [0.15, 0.2) is 24.4 Å². The molecule has 19 heavy (non-hydrogen) atoms. The van der Waals surface area contributed by atoms with E-state index < -0.39 is 11.6 Å². The predicted octanol–water partition coefficient (Wildman–Crippen LogP) is 3.05. The summed E-state index contributed by atoms with van der Waals surface area (Å²) in [7, 11) is 0. The highest BCUT2D eigenvalue weighted by Gasteiger charge is 2.18. The number of H-pyrrole nitrogens is 1. The van der Waals surface area contributed by atoms with E-state index in [9.17, 15) is 8.78 Å². The van der Waals surface area contributed by atoms with Crippen molar-refractivity contribution in [3.05, 3.63) is 41.9 Å². The fourth-order valence-corrected chi connectivity index (χ4v) is 2.03. The number of benzene rings is 1. The zero-order valence-electron chi connectivity index (χ0n) is 11.0. The fraction of sp³-hybridized carbons (Fsp3) is 0.357. The third-order valence-corrected chi connectivity index (χ3v) is 3.24. The van der Waals surface area contributed by atoms with Crippen molar-refractivity contribution in [3.8, 4) is 11.3 Å². The maximum atomic E-state index is 13.2. The average Bonchev–Trinajstić information content (AvgIpc) is 2.82. The Morgan fingerprint density at radius 1 is 1.26 bits per heavy atom. The molecule has 0 radical (unpaired) electrons. The van der Waals surface area contributed by atoms with E-state index in [-0.39, 0.29) is 5.92 Å². The molecule has 5 heteroatoms. The minimum atomic E-state index is -0.868. The first-order valence-corrected chi connectivity index (χ1v) is 6.23. The molecule has 0 aliphatic carbocycles. The van der Waals surface area contributed by atoms with Crippen molar-refractivity contribution in [1.82, 2.24) is 9.97 Å². The number of imidazole rings is 1. The van der Waals surface area contributed by atoms with E-state index in [0.717, 1.165) is 18.0 Å². The molecule has 1 unspecified atom stereocenters. The number of nitrogens with one attached hydrogen (secondary N) is 1. The van der Waals surface area contributed by atoms with Gasteiger partial charge in [0, 0.05) is 18.0 Å². The molecule has 0 aliphatic rings. The minimum Gasteiger partial charge on any atom is -0.342 e. The Balaban J connectivity index is 2.32. The molecule has 0 amide bonds. The van der Waals surface area contributed by atoms with Crippen molar-refractivity contribution in [1.29, 1.82) is 0 Å². The van der Waals surface area contributed by atoms with Crippen LogP contribution in [0.5, 0.6) is 0 Å². The van der Waals surface area contributed by atoms with Crippen molar-refractivity contribution in [2.75, 3.05) is 6.54 Å². The maximum Gasteiger partial charge on any atom is 0.159 e. The van der Waals surface area contributed by atoms with Crippen molar-refractivity contribution >= 4 is 0 Å². The summed E-state index contributed by atoms with van der Waals surface area (Å²) in [5, 5.41) is 0. The van der Waals surface area contributed by atoms with E-state index in [1.54, 1.807) is 6.20 Å². The Hall–Kier alpha value is -1.75. The molecule has 0 aliphatic heterocycles. The first kappa shape index (κ1) is 13.7. The molecule has 1 aromatic carbocycles. The molecule has 0 bridgehead atoms. The van der Waals surface area contributed by atoms with Crippen molar-refractivity contribution in [3.63, 3.8) is 0 Å². The fourth-order valence-electron chi connectivity index (χ4n) is 2.03. The molecule has 1 heterocycles. The Morgan fingerprint density at radius 3 is 2.58 bits per heavy atom. The van der Waals surface area contributed by atoms with Gasteiger partial charge in [-0.25, -0.2) is 13.8 Å². The summed E-state index contributed by atoms with van der Waals surface area (Å²) in [6.07, 6.45) is 1.62. The lowest BCUT2D eigenvalue weighted by Gasteiger charge is -2.15. The highest BCUT2D eigenvalue weighted by molar-refractivity contribution is 5.58. The monoisotopic (exact) mass is 265 g/mol. The van der Waals surface area contributed by atoms with Gasteiger partial charge >= 0.3 is 0 Å². The van der Waals surface area contributed by atoms with Crippen LogP contribution in [0.2, 0.25) is 0 Å². The van der Waals surface area contributed by atoms with Gasteiger partial charge in [-0.3, -0.25) is 0 Å². The molecule has 0 saturated carbocycles. The topological polar surface area (TPSA) is 54.7 Å². The normalized spacial score (nSPS) is 12.9. The number of rotatable bonds is 4. The second-order valence-corrected chi connectivity index (χ2v) is 4.90. The summed E-state index contributed by atoms with van der Waals surface area (Å²) in [5.74, 6) is -0.469. The van der Waals surface area contributed by atoms with Crippen LogP contribution in [0, 0.1) is 17.6 Å². The molecule has 3 N–H and O–H groups in total. The number of nitrogens with two attached hydrogens (primary N) is 1. The largest absolute Gasteiger partial charge is 0.342 e. The Labute approximate surface area is 110 Å². The number of aromatic nitrogens is 2. The third kappa shape index (κ3) is 2.81. The van der Waals surface area contributed by atoms with E-state index in [1.165, 1.54) is 6.07 Å². The Kier molecular flexibility index (Phi) is 3.95. The van der Waals surface area contributed by atoms with Gasteiger partial charge in [0.2, 0.25) is 0 Å². The number of aromatic amines is 1. The van der Waals surface area contributed by atoms with E-state index in [4.69, 9.17) is 5.73 Å². The van der Waals surface area contributed by atoms with E-state index in [0.29, 0.717) is 23.7 Å². The quantitative estimate of drug-likeness (QED) is 0.892. The van der Waals surface area contributed by atoms with Gasteiger partial charge in [0.25, 0.3) is 0 Å². The van der Waals surface area contributed by atoms with Crippen LogP contribution in [-0.4, -0.2) is 16.5 Å². The molecule has 102 valence electrons. The third-order valence-electron chi connectivity index (χ3n) is 3.24. The maximum absolute atomic E-state index is 13.2. The van der Waals surface area contributed by atoms with Crippen LogP contribution in [0.1, 0.15) is 25.6 Å². The van der Waals surface area contributed by atoms with Gasteiger partial charge in [-0.15, -0.1) is 0 Å². The van der Waals surface area contributed by atoms with Crippen LogP contribution < -0.4 is 5.73 Å².